The molecule has 0 atom stereocenters. The molecule has 2 aromatic rings. The van der Waals surface area contributed by atoms with Gasteiger partial charge in [0.05, 0.1) is 11.9 Å². The SMILES string of the molecule is Cc1cncc(-c2ccc(C)o2)n1. The van der Waals surface area contributed by atoms with Crippen molar-refractivity contribution in [3.05, 3.63) is 36.0 Å². The van der Waals surface area contributed by atoms with Crippen molar-refractivity contribution in [1.29, 1.82) is 0 Å². The van der Waals surface area contributed by atoms with Crippen molar-refractivity contribution in [2.24, 2.45) is 0 Å². The third-order valence-corrected chi connectivity index (χ3v) is 1.75. The van der Waals surface area contributed by atoms with Crippen LogP contribution in [0.5, 0.6) is 0 Å². The van der Waals surface area contributed by atoms with Crippen LogP contribution in [0.2, 0.25) is 0 Å². The zero-order valence-electron chi connectivity index (χ0n) is 7.61. The number of hydrogen-bond donors (Lipinski definition) is 0. The Morgan fingerprint density at radius 1 is 1.15 bits per heavy atom. The van der Waals surface area contributed by atoms with Gasteiger partial charge in [0.25, 0.3) is 0 Å². The lowest BCUT2D eigenvalue weighted by molar-refractivity contribution is 0.546. The largest absolute Gasteiger partial charge is 0.460 e. The predicted octanol–water partition coefficient (Wildman–Crippen LogP) is 2.35. The number of aryl methyl sites for hydroxylation is 2. The highest BCUT2D eigenvalue weighted by Crippen LogP contribution is 2.18. The normalized spacial score (nSPS) is 10.3. The van der Waals surface area contributed by atoms with E-state index in [1.54, 1.807) is 12.4 Å². The summed E-state index contributed by atoms with van der Waals surface area (Å²) < 4.78 is 5.42. The minimum atomic E-state index is 0.772. The molecular formula is C10H10N2O. The second-order valence-electron chi connectivity index (χ2n) is 2.96. The third kappa shape index (κ3) is 1.59. The van der Waals surface area contributed by atoms with Gasteiger partial charge in [-0.15, -0.1) is 0 Å². The summed E-state index contributed by atoms with van der Waals surface area (Å²) in [7, 11) is 0. The molecule has 0 saturated heterocycles. The van der Waals surface area contributed by atoms with E-state index in [1.165, 1.54) is 0 Å². The van der Waals surface area contributed by atoms with E-state index < -0.39 is 0 Å². The molecular weight excluding hydrogens is 164 g/mol. The van der Waals surface area contributed by atoms with Gasteiger partial charge < -0.3 is 4.42 Å². The topological polar surface area (TPSA) is 38.9 Å². The van der Waals surface area contributed by atoms with Crippen molar-refractivity contribution in [3.63, 3.8) is 0 Å². The second-order valence-corrected chi connectivity index (χ2v) is 2.96. The zero-order chi connectivity index (χ0) is 9.26. The van der Waals surface area contributed by atoms with Crippen LogP contribution in [0.4, 0.5) is 0 Å². The van der Waals surface area contributed by atoms with Crippen LogP contribution < -0.4 is 0 Å². The minimum Gasteiger partial charge on any atom is -0.460 e. The van der Waals surface area contributed by atoms with E-state index in [9.17, 15) is 0 Å². The highest BCUT2D eigenvalue weighted by Gasteiger charge is 2.03. The smallest absolute Gasteiger partial charge is 0.154 e. The van der Waals surface area contributed by atoms with Gasteiger partial charge in [0.1, 0.15) is 11.5 Å². The van der Waals surface area contributed by atoms with Crippen LogP contribution in [-0.4, -0.2) is 9.97 Å². The Labute approximate surface area is 76.5 Å². The monoisotopic (exact) mass is 174 g/mol. The van der Waals surface area contributed by atoms with Crippen LogP contribution >= 0.6 is 0 Å². The van der Waals surface area contributed by atoms with Crippen molar-refractivity contribution < 1.29 is 4.42 Å². The molecule has 0 aromatic carbocycles. The van der Waals surface area contributed by atoms with Crippen LogP contribution in [0, 0.1) is 13.8 Å². The van der Waals surface area contributed by atoms with Crippen molar-refractivity contribution in [3.8, 4) is 11.5 Å². The molecule has 0 bridgehead atoms. The maximum absolute atomic E-state index is 5.42. The summed E-state index contributed by atoms with van der Waals surface area (Å²) in [6.07, 6.45) is 3.42. The summed E-state index contributed by atoms with van der Waals surface area (Å²) >= 11 is 0. The van der Waals surface area contributed by atoms with Crippen LogP contribution in [0.1, 0.15) is 11.5 Å². The summed E-state index contributed by atoms with van der Waals surface area (Å²) in [5, 5.41) is 0. The quantitative estimate of drug-likeness (QED) is 0.666. The average molecular weight is 174 g/mol. The van der Waals surface area contributed by atoms with E-state index >= 15 is 0 Å². The average Bonchev–Trinajstić information content (AvgIpc) is 2.52. The molecule has 0 spiro atoms. The van der Waals surface area contributed by atoms with E-state index in [2.05, 4.69) is 9.97 Å². The zero-order valence-corrected chi connectivity index (χ0v) is 7.61. The fourth-order valence-corrected chi connectivity index (χ4v) is 1.15. The molecule has 0 saturated carbocycles. The highest BCUT2D eigenvalue weighted by molar-refractivity contribution is 5.50. The van der Waals surface area contributed by atoms with Gasteiger partial charge in [-0.1, -0.05) is 0 Å². The van der Waals surface area contributed by atoms with Gasteiger partial charge in [0.2, 0.25) is 0 Å². The van der Waals surface area contributed by atoms with Crippen LogP contribution in [-0.2, 0) is 0 Å². The van der Waals surface area contributed by atoms with Gasteiger partial charge in [-0.3, -0.25) is 4.98 Å². The Morgan fingerprint density at radius 2 is 2.00 bits per heavy atom. The lowest BCUT2D eigenvalue weighted by atomic mass is 10.3. The molecule has 66 valence electrons. The van der Waals surface area contributed by atoms with Crippen molar-refractivity contribution in [2.45, 2.75) is 13.8 Å². The Morgan fingerprint density at radius 3 is 2.62 bits per heavy atom. The highest BCUT2D eigenvalue weighted by atomic mass is 16.3. The molecule has 2 heterocycles. The molecule has 0 unspecified atom stereocenters. The summed E-state index contributed by atoms with van der Waals surface area (Å²) in [5.41, 5.74) is 1.68. The van der Waals surface area contributed by atoms with E-state index in [1.807, 2.05) is 26.0 Å². The number of rotatable bonds is 1. The first-order chi connectivity index (χ1) is 6.25. The van der Waals surface area contributed by atoms with E-state index in [0.29, 0.717) is 0 Å². The van der Waals surface area contributed by atoms with Gasteiger partial charge >= 0.3 is 0 Å². The molecule has 13 heavy (non-hydrogen) atoms. The fraction of sp³-hybridized carbons (Fsp3) is 0.200. The molecule has 0 radical (unpaired) electrons. The molecule has 0 amide bonds. The molecule has 3 heteroatoms. The maximum Gasteiger partial charge on any atom is 0.154 e. The fourth-order valence-electron chi connectivity index (χ4n) is 1.15. The summed E-state index contributed by atoms with van der Waals surface area (Å²) in [6.45, 7) is 3.82. The molecule has 0 aliphatic carbocycles. The van der Waals surface area contributed by atoms with Gasteiger partial charge in [0, 0.05) is 6.20 Å². The van der Waals surface area contributed by atoms with Crippen LogP contribution in [0.3, 0.4) is 0 Å². The molecule has 0 aliphatic heterocycles. The van der Waals surface area contributed by atoms with Gasteiger partial charge in [-0.25, -0.2) is 4.98 Å². The predicted molar refractivity (Wildman–Crippen MR) is 49.2 cm³/mol. The van der Waals surface area contributed by atoms with Crippen molar-refractivity contribution >= 4 is 0 Å². The summed E-state index contributed by atoms with van der Waals surface area (Å²) in [6, 6.07) is 3.82. The Bertz CT molecular complexity index is 420. The number of aromatic nitrogens is 2. The first-order valence-corrected chi connectivity index (χ1v) is 4.11. The molecule has 3 nitrogen and oxygen atoms in total. The maximum atomic E-state index is 5.42. The molecule has 2 rings (SSSR count). The standard InChI is InChI=1S/C10H10N2O/c1-7-5-11-6-9(12-7)10-4-3-8(2)13-10/h3-6H,1-2H3. The molecule has 0 fully saturated rings. The van der Waals surface area contributed by atoms with Gasteiger partial charge in [-0.2, -0.15) is 0 Å². The second kappa shape index (κ2) is 3.01. The lowest BCUT2D eigenvalue weighted by Crippen LogP contribution is -1.86. The third-order valence-electron chi connectivity index (χ3n) is 1.75. The Hall–Kier alpha value is -1.64. The number of nitrogens with zero attached hydrogens (tertiary/aromatic N) is 2. The number of furan rings is 1. The molecule has 0 aliphatic rings. The van der Waals surface area contributed by atoms with E-state index in [-0.39, 0.29) is 0 Å². The molecule has 0 N–H and O–H groups in total. The Kier molecular flexibility index (Phi) is 1.85. The van der Waals surface area contributed by atoms with Gasteiger partial charge in [0.15, 0.2) is 5.76 Å². The van der Waals surface area contributed by atoms with Crippen LogP contribution in [0.25, 0.3) is 11.5 Å². The van der Waals surface area contributed by atoms with E-state index in [0.717, 1.165) is 22.9 Å². The summed E-state index contributed by atoms with van der Waals surface area (Å²) in [5.74, 6) is 1.66. The van der Waals surface area contributed by atoms with E-state index in [4.69, 9.17) is 4.42 Å². The Balaban J connectivity index is 2.46. The summed E-state index contributed by atoms with van der Waals surface area (Å²) in [4.78, 5) is 8.35. The van der Waals surface area contributed by atoms with Crippen molar-refractivity contribution in [1.82, 2.24) is 9.97 Å². The van der Waals surface area contributed by atoms with Gasteiger partial charge in [-0.05, 0) is 26.0 Å². The number of hydrogen-bond acceptors (Lipinski definition) is 3. The van der Waals surface area contributed by atoms with Crippen molar-refractivity contribution in [2.75, 3.05) is 0 Å². The minimum absolute atomic E-state index is 0.772. The lowest BCUT2D eigenvalue weighted by Gasteiger charge is -1.95. The first kappa shape index (κ1) is 7.98. The van der Waals surface area contributed by atoms with Crippen LogP contribution in [0.15, 0.2) is 28.9 Å². The first-order valence-electron chi connectivity index (χ1n) is 4.11. The molecule has 2 aromatic heterocycles.